The van der Waals surface area contributed by atoms with Crippen molar-refractivity contribution < 1.29 is 0 Å². The molecular formula is C12H24N2. The van der Waals surface area contributed by atoms with Crippen molar-refractivity contribution in [1.29, 1.82) is 0 Å². The minimum Gasteiger partial charge on any atom is -0.315 e. The van der Waals surface area contributed by atoms with E-state index in [-0.39, 0.29) is 0 Å². The van der Waals surface area contributed by atoms with Crippen LogP contribution < -0.4 is 5.32 Å². The first-order valence-electron chi connectivity index (χ1n) is 6.20. The van der Waals surface area contributed by atoms with Crippen molar-refractivity contribution in [1.82, 2.24) is 10.2 Å². The molecule has 0 aliphatic carbocycles. The van der Waals surface area contributed by atoms with Crippen LogP contribution in [0.2, 0.25) is 0 Å². The van der Waals surface area contributed by atoms with Crippen LogP contribution in [0, 0.1) is 11.8 Å². The van der Waals surface area contributed by atoms with Gasteiger partial charge in [-0.15, -0.1) is 0 Å². The van der Waals surface area contributed by atoms with Gasteiger partial charge in [0.05, 0.1) is 0 Å². The maximum absolute atomic E-state index is 3.56. The molecule has 1 N–H and O–H groups in total. The van der Waals surface area contributed by atoms with Crippen LogP contribution in [-0.2, 0) is 0 Å². The normalized spacial score (nSPS) is 41.1. The average molecular weight is 196 g/mol. The SMILES string of the molecule is CC1CNCC(N2CCCC(C)C2)C1. The Kier molecular flexibility index (Phi) is 3.45. The predicted octanol–water partition coefficient (Wildman–Crippen LogP) is 1.72. The molecule has 0 aromatic heterocycles. The van der Waals surface area contributed by atoms with E-state index in [0.717, 1.165) is 17.9 Å². The summed E-state index contributed by atoms with van der Waals surface area (Å²) in [6.45, 7) is 9.87. The van der Waals surface area contributed by atoms with Crippen LogP contribution in [0.4, 0.5) is 0 Å². The molecule has 2 aliphatic rings. The highest BCUT2D eigenvalue weighted by Crippen LogP contribution is 2.22. The Labute approximate surface area is 88.1 Å². The maximum Gasteiger partial charge on any atom is 0.0223 e. The summed E-state index contributed by atoms with van der Waals surface area (Å²) in [5.74, 6) is 1.78. The molecule has 2 heterocycles. The smallest absolute Gasteiger partial charge is 0.0223 e. The van der Waals surface area contributed by atoms with Crippen LogP contribution in [-0.4, -0.2) is 37.1 Å². The highest BCUT2D eigenvalue weighted by molar-refractivity contribution is 4.84. The molecule has 82 valence electrons. The van der Waals surface area contributed by atoms with Gasteiger partial charge in [0.2, 0.25) is 0 Å². The van der Waals surface area contributed by atoms with Crippen LogP contribution in [0.25, 0.3) is 0 Å². The van der Waals surface area contributed by atoms with Crippen LogP contribution in [0.3, 0.4) is 0 Å². The quantitative estimate of drug-likeness (QED) is 0.687. The Bertz CT molecular complexity index is 161. The fourth-order valence-corrected chi connectivity index (χ4v) is 2.96. The second-order valence-corrected chi connectivity index (χ2v) is 5.40. The molecule has 2 saturated heterocycles. The van der Waals surface area contributed by atoms with Crippen LogP contribution in [0.5, 0.6) is 0 Å². The van der Waals surface area contributed by atoms with Gasteiger partial charge in [-0.1, -0.05) is 13.8 Å². The Balaban J connectivity index is 1.86. The second kappa shape index (κ2) is 4.63. The Morgan fingerprint density at radius 1 is 1.14 bits per heavy atom. The van der Waals surface area contributed by atoms with Gasteiger partial charge in [-0.05, 0) is 44.2 Å². The number of likely N-dealkylation sites (tertiary alicyclic amines) is 1. The van der Waals surface area contributed by atoms with Crippen molar-refractivity contribution in [2.75, 3.05) is 26.2 Å². The van der Waals surface area contributed by atoms with Gasteiger partial charge in [-0.25, -0.2) is 0 Å². The van der Waals surface area contributed by atoms with E-state index in [1.807, 2.05) is 0 Å². The van der Waals surface area contributed by atoms with Gasteiger partial charge in [0.1, 0.15) is 0 Å². The lowest BCUT2D eigenvalue weighted by Crippen LogP contribution is -2.51. The number of nitrogens with one attached hydrogen (secondary N) is 1. The molecule has 0 saturated carbocycles. The molecule has 3 atom stereocenters. The molecule has 2 aliphatic heterocycles. The molecule has 2 nitrogen and oxygen atoms in total. The lowest BCUT2D eigenvalue weighted by molar-refractivity contribution is 0.0983. The van der Waals surface area contributed by atoms with Crippen molar-refractivity contribution in [3.8, 4) is 0 Å². The Morgan fingerprint density at radius 2 is 2.00 bits per heavy atom. The molecule has 14 heavy (non-hydrogen) atoms. The monoisotopic (exact) mass is 196 g/mol. The third-order valence-corrected chi connectivity index (χ3v) is 3.75. The van der Waals surface area contributed by atoms with Crippen LogP contribution >= 0.6 is 0 Å². The van der Waals surface area contributed by atoms with Gasteiger partial charge >= 0.3 is 0 Å². The highest BCUT2D eigenvalue weighted by Gasteiger charge is 2.27. The molecule has 2 rings (SSSR count). The Hall–Kier alpha value is -0.0800. The van der Waals surface area contributed by atoms with Gasteiger partial charge < -0.3 is 5.32 Å². The zero-order chi connectivity index (χ0) is 9.97. The van der Waals surface area contributed by atoms with Gasteiger partial charge in [-0.2, -0.15) is 0 Å². The fourth-order valence-electron chi connectivity index (χ4n) is 2.96. The minimum atomic E-state index is 0.821. The van der Waals surface area contributed by atoms with Crippen LogP contribution in [0.1, 0.15) is 33.1 Å². The molecule has 0 aromatic carbocycles. The molecule has 0 spiro atoms. The molecule has 2 heteroatoms. The Morgan fingerprint density at radius 3 is 2.71 bits per heavy atom. The van der Waals surface area contributed by atoms with Gasteiger partial charge in [0.25, 0.3) is 0 Å². The number of hydrogen-bond acceptors (Lipinski definition) is 2. The molecule has 0 radical (unpaired) electrons. The molecule has 2 fully saturated rings. The third kappa shape index (κ3) is 2.48. The van der Waals surface area contributed by atoms with E-state index in [1.165, 1.54) is 45.4 Å². The second-order valence-electron chi connectivity index (χ2n) is 5.40. The van der Waals surface area contributed by atoms with E-state index in [9.17, 15) is 0 Å². The summed E-state index contributed by atoms with van der Waals surface area (Å²) in [5.41, 5.74) is 0. The van der Waals surface area contributed by atoms with Crippen molar-refractivity contribution in [3.63, 3.8) is 0 Å². The van der Waals surface area contributed by atoms with Crippen molar-refractivity contribution in [3.05, 3.63) is 0 Å². The standard InChI is InChI=1S/C12H24N2/c1-10-4-3-5-14(9-10)12-6-11(2)7-13-8-12/h10-13H,3-9H2,1-2H3. The predicted molar refractivity (Wildman–Crippen MR) is 60.4 cm³/mol. The van der Waals surface area contributed by atoms with E-state index in [1.54, 1.807) is 0 Å². The van der Waals surface area contributed by atoms with Gasteiger partial charge in [0, 0.05) is 19.1 Å². The van der Waals surface area contributed by atoms with E-state index < -0.39 is 0 Å². The number of nitrogens with zero attached hydrogens (tertiary/aromatic N) is 1. The van der Waals surface area contributed by atoms with Crippen molar-refractivity contribution in [2.45, 2.75) is 39.2 Å². The van der Waals surface area contributed by atoms with Gasteiger partial charge in [-0.3, -0.25) is 4.90 Å². The fraction of sp³-hybridized carbons (Fsp3) is 1.00. The first-order chi connectivity index (χ1) is 6.75. The summed E-state index contributed by atoms with van der Waals surface area (Å²) in [7, 11) is 0. The summed E-state index contributed by atoms with van der Waals surface area (Å²) in [5, 5.41) is 3.56. The lowest BCUT2D eigenvalue weighted by Gasteiger charge is -2.40. The van der Waals surface area contributed by atoms with E-state index in [2.05, 4.69) is 24.1 Å². The lowest BCUT2D eigenvalue weighted by atomic mass is 9.92. The molecule has 0 bridgehead atoms. The third-order valence-electron chi connectivity index (χ3n) is 3.75. The first kappa shape index (κ1) is 10.4. The number of piperidine rings is 2. The van der Waals surface area contributed by atoms with Crippen molar-refractivity contribution >= 4 is 0 Å². The summed E-state index contributed by atoms with van der Waals surface area (Å²) in [4.78, 5) is 2.72. The summed E-state index contributed by atoms with van der Waals surface area (Å²) in [6, 6.07) is 0.821. The highest BCUT2D eigenvalue weighted by atomic mass is 15.2. The topological polar surface area (TPSA) is 15.3 Å². The number of hydrogen-bond donors (Lipinski definition) is 1. The zero-order valence-electron chi connectivity index (χ0n) is 9.63. The zero-order valence-corrected chi connectivity index (χ0v) is 9.63. The average Bonchev–Trinajstić information content (AvgIpc) is 2.18. The first-order valence-corrected chi connectivity index (χ1v) is 6.20. The van der Waals surface area contributed by atoms with E-state index in [0.29, 0.717) is 0 Å². The number of rotatable bonds is 1. The maximum atomic E-state index is 3.56. The van der Waals surface area contributed by atoms with Crippen molar-refractivity contribution in [2.24, 2.45) is 11.8 Å². The summed E-state index contributed by atoms with van der Waals surface area (Å²) >= 11 is 0. The van der Waals surface area contributed by atoms with Gasteiger partial charge in [0.15, 0.2) is 0 Å². The largest absolute Gasteiger partial charge is 0.315 e. The summed E-state index contributed by atoms with van der Waals surface area (Å²) in [6.07, 6.45) is 4.25. The van der Waals surface area contributed by atoms with E-state index >= 15 is 0 Å². The summed E-state index contributed by atoms with van der Waals surface area (Å²) < 4.78 is 0. The van der Waals surface area contributed by atoms with Crippen LogP contribution in [0.15, 0.2) is 0 Å². The minimum absolute atomic E-state index is 0.821. The molecule has 0 aromatic rings. The van der Waals surface area contributed by atoms with E-state index in [4.69, 9.17) is 0 Å². The molecular weight excluding hydrogens is 172 g/mol. The molecule has 0 amide bonds. The molecule has 3 unspecified atom stereocenters.